The predicted molar refractivity (Wildman–Crippen MR) is 98.0 cm³/mol. The van der Waals surface area contributed by atoms with Crippen LogP contribution in [0.1, 0.15) is 51.3 Å². The van der Waals surface area contributed by atoms with Gasteiger partial charge in [0.25, 0.3) is 0 Å². The van der Waals surface area contributed by atoms with Crippen LogP contribution in [0.3, 0.4) is 0 Å². The third-order valence-electron chi connectivity index (χ3n) is 5.66. The number of nitrogens with zero attached hydrogens (tertiary/aromatic N) is 5. The fraction of sp³-hybridized carbons (Fsp3) is 0.579. The lowest BCUT2D eigenvalue weighted by molar-refractivity contribution is -0.137. The van der Waals surface area contributed by atoms with E-state index in [0.717, 1.165) is 37.1 Å². The molecule has 1 aromatic carbocycles. The van der Waals surface area contributed by atoms with Gasteiger partial charge in [0.1, 0.15) is 18.8 Å². The molecule has 0 saturated heterocycles. The van der Waals surface area contributed by atoms with E-state index in [0.29, 0.717) is 31.2 Å². The van der Waals surface area contributed by atoms with Gasteiger partial charge in [-0.1, -0.05) is 26.2 Å². The second kappa shape index (κ2) is 7.17. The lowest BCUT2D eigenvalue weighted by Crippen LogP contribution is -2.49. The van der Waals surface area contributed by atoms with Gasteiger partial charge >= 0.3 is 0 Å². The number of amides is 1. The molecular formula is C19H25N5O3. The molecule has 1 amide bonds. The highest BCUT2D eigenvalue weighted by atomic mass is 16.6. The number of benzene rings is 1. The zero-order valence-corrected chi connectivity index (χ0v) is 15.8. The highest BCUT2D eigenvalue weighted by Crippen LogP contribution is 2.42. The summed E-state index contributed by atoms with van der Waals surface area (Å²) >= 11 is 0. The van der Waals surface area contributed by atoms with E-state index in [-0.39, 0.29) is 5.91 Å². The van der Waals surface area contributed by atoms with E-state index in [1.54, 1.807) is 4.68 Å². The second-order valence-corrected chi connectivity index (χ2v) is 7.14. The molecule has 144 valence electrons. The van der Waals surface area contributed by atoms with Gasteiger partial charge in [-0.25, -0.2) is 0 Å². The highest BCUT2D eigenvalue weighted by molar-refractivity contribution is 5.76. The minimum atomic E-state index is -0.484. The van der Waals surface area contributed by atoms with Gasteiger partial charge in [-0.15, -0.1) is 5.10 Å². The second-order valence-electron chi connectivity index (χ2n) is 7.14. The third kappa shape index (κ3) is 3.02. The van der Waals surface area contributed by atoms with Crippen LogP contribution in [0.5, 0.6) is 11.5 Å². The van der Waals surface area contributed by atoms with Crippen LogP contribution in [-0.4, -0.2) is 51.3 Å². The molecular weight excluding hydrogens is 346 g/mol. The number of carbonyl (C=O) groups is 1. The Bertz CT molecular complexity index is 829. The third-order valence-corrected chi connectivity index (χ3v) is 5.66. The lowest BCUT2D eigenvalue weighted by atomic mass is 9.79. The van der Waals surface area contributed by atoms with Crippen molar-refractivity contribution in [3.63, 3.8) is 0 Å². The summed E-state index contributed by atoms with van der Waals surface area (Å²) in [6.45, 7) is 2.96. The Hall–Kier alpha value is -2.64. The molecule has 2 aliphatic rings. The van der Waals surface area contributed by atoms with Gasteiger partial charge < -0.3 is 14.4 Å². The number of fused-ring (bicyclic) bond motifs is 1. The standard InChI is InChI=1S/C19H25N5O3/c1-3-17(25)23(2)19(9-5-4-6-10-19)18-20-21-22-24(18)14-7-8-15-16(13-14)27-12-11-26-15/h7-8,13H,3-6,9-12H2,1-2H3. The van der Waals surface area contributed by atoms with Gasteiger partial charge in [0.05, 0.1) is 5.69 Å². The molecule has 2 aromatic rings. The molecule has 1 aliphatic carbocycles. The molecule has 8 heteroatoms. The number of carbonyl (C=O) groups excluding carboxylic acids is 1. The molecule has 0 spiro atoms. The van der Waals surface area contributed by atoms with E-state index >= 15 is 0 Å². The Morgan fingerprint density at radius 2 is 1.93 bits per heavy atom. The normalized spacial score (nSPS) is 18.1. The lowest BCUT2D eigenvalue weighted by Gasteiger charge is -2.43. The molecule has 4 rings (SSSR count). The van der Waals surface area contributed by atoms with Crippen LogP contribution in [0, 0.1) is 0 Å². The summed E-state index contributed by atoms with van der Waals surface area (Å²) in [4.78, 5) is 14.4. The molecule has 1 saturated carbocycles. The molecule has 2 heterocycles. The summed E-state index contributed by atoms with van der Waals surface area (Å²) in [6.07, 6.45) is 5.45. The van der Waals surface area contributed by atoms with Crippen molar-refractivity contribution in [1.82, 2.24) is 25.1 Å². The first kappa shape index (κ1) is 17.8. The molecule has 0 unspecified atom stereocenters. The van der Waals surface area contributed by atoms with Gasteiger partial charge in [0.15, 0.2) is 17.3 Å². The Morgan fingerprint density at radius 1 is 1.19 bits per heavy atom. The van der Waals surface area contributed by atoms with E-state index in [1.807, 2.05) is 37.1 Å². The predicted octanol–water partition coefficient (Wildman–Crippen LogP) is 2.46. The minimum absolute atomic E-state index is 0.105. The van der Waals surface area contributed by atoms with Crippen LogP contribution < -0.4 is 9.47 Å². The summed E-state index contributed by atoms with van der Waals surface area (Å²) in [5, 5.41) is 12.6. The zero-order chi connectivity index (χ0) is 18.9. The van der Waals surface area contributed by atoms with E-state index in [4.69, 9.17) is 9.47 Å². The van der Waals surface area contributed by atoms with Gasteiger partial charge in [-0.3, -0.25) is 4.79 Å². The maximum absolute atomic E-state index is 12.6. The zero-order valence-electron chi connectivity index (χ0n) is 15.8. The van der Waals surface area contributed by atoms with Crippen molar-refractivity contribution >= 4 is 5.91 Å². The van der Waals surface area contributed by atoms with E-state index in [1.165, 1.54) is 6.42 Å². The fourth-order valence-corrected chi connectivity index (χ4v) is 4.14. The minimum Gasteiger partial charge on any atom is -0.486 e. The van der Waals surface area contributed by atoms with E-state index < -0.39 is 5.54 Å². The SMILES string of the molecule is CCC(=O)N(C)C1(c2nnnn2-c2ccc3c(c2)OCCO3)CCCCC1. The van der Waals surface area contributed by atoms with Gasteiger partial charge in [-0.05, 0) is 35.4 Å². The average Bonchev–Trinajstić information content (AvgIpc) is 3.23. The van der Waals surface area contributed by atoms with E-state index in [2.05, 4.69) is 15.5 Å². The highest BCUT2D eigenvalue weighted by Gasteiger charge is 2.44. The van der Waals surface area contributed by atoms with Crippen LogP contribution >= 0.6 is 0 Å². The smallest absolute Gasteiger partial charge is 0.222 e. The molecule has 0 bridgehead atoms. The maximum atomic E-state index is 12.6. The van der Waals surface area contributed by atoms with Crippen molar-refractivity contribution in [3.8, 4) is 17.2 Å². The van der Waals surface area contributed by atoms with E-state index in [9.17, 15) is 4.79 Å². The molecule has 27 heavy (non-hydrogen) atoms. The average molecular weight is 371 g/mol. The molecule has 0 atom stereocenters. The summed E-state index contributed by atoms with van der Waals surface area (Å²) in [7, 11) is 1.87. The molecule has 0 radical (unpaired) electrons. The first-order chi connectivity index (χ1) is 13.2. The summed E-state index contributed by atoms with van der Waals surface area (Å²) in [5.41, 5.74) is 0.323. The quantitative estimate of drug-likeness (QED) is 0.821. The number of hydrogen-bond acceptors (Lipinski definition) is 6. The topological polar surface area (TPSA) is 82.4 Å². The van der Waals surface area contributed by atoms with Crippen molar-refractivity contribution in [2.24, 2.45) is 0 Å². The first-order valence-electron chi connectivity index (χ1n) is 9.61. The van der Waals surface area contributed by atoms with Gasteiger partial charge in [0.2, 0.25) is 5.91 Å². The Balaban J connectivity index is 1.78. The molecule has 0 N–H and O–H groups in total. The van der Waals surface area contributed by atoms with Crippen LogP contribution in [0.2, 0.25) is 0 Å². The summed E-state index contributed by atoms with van der Waals surface area (Å²) in [6, 6.07) is 5.70. The largest absolute Gasteiger partial charge is 0.486 e. The van der Waals surface area contributed by atoms with Crippen LogP contribution in [0.15, 0.2) is 18.2 Å². The number of tetrazole rings is 1. The van der Waals surface area contributed by atoms with Crippen LogP contribution in [-0.2, 0) is 10.3 Å². The number of ether oxygens (including phenoxy) is 2. The number of hydrogen-bond donors (Lipinski definition) is 0. The fourth-order valence-electron chi connectivity index (χ4n) is 4.14. The molecule has 1 aliphatic heterocycles. The van der Waals surface area contributed by atoms with Gasteiger partial charge in [0, 0.05) is 19.5 Å². The van der Waals surface area contributed by atoms with Crippen LogP contribution in [0.4, 0.5) is 0 Å². The van der Waals surface area contributed by atoms with Gasteiger partial charge in [-0.2, -0.15) is 4.68 Å². The molecule has 1 fully saturated rings. The number of aromatic nitrogens is 4. The Morgan fingerprint density at radius 3 is 2.67 bits per heavy atom. The molecule has 1 aromatic heterocycles. The van der Waals surface area contributed by atoms with Crippen molar-refractivity contribution in [2.75, 3.05) is 20.3 Å². The monoisotopic (exact) mass is 371 g/mol. The Labute approximate surface area is 158 Å². The summed E-state index contributed by atoms with van der Waals surface area (Å²) < 4.78 is 13.1. The van der Waals surface area contributed by atoms with Crippen molar-refractivity contribution in [1.29, 1.82) is 0 Å². The molecule has 8 nitrogen and oxygen atoms in total. The van der Waals surface area contributed by atoms with Crippen molar-refractivity contribution in [2.45, 2.75) is 51.0 Å². The maximum Gasteiger partial charge on any atom is 0.222 e. The summed E-state index contributed by atoms with van der Waals surface area (Å²) in [5.74, 6) is 2.23. The Kier molecular flexibility index (Phi) is 4.72. The van der Waals surface area contributed by atoms with Crippen molar-refractivity contribution in [3.05, 3.63) is 24.0 Å². The van der Waals surface area contributed by atoms with Crippen LogP contribution in [0.25, 0.3) is 5.69 Å². The number of rotatable bonds is 4. The van der Waals surface area contributed by atoms with Crippen molar-refractivity contribution < 1.29 is 14.3 Å². The first-order valence-corrected chi connectivity index (χ1v) is 9.61.